The highest BCUT2D eigenvalue weighted by Crippen LogP contribution is 2.20. The van der Waals surface area contributed by atoms with E-state index < -0.39 is 16.7 Å². The van der Waals surface area contributed by atoms with Crippen LogP contribution in [0.2, 0.25) is 0 Å². The maximum absolute atomic E-state index is 12.1. The molecule has 1 atom stereocenters. The van der Waals surface area contributed by atoms with Gasteiger partial charge in [0.2, 0.25) is 5.91 Å². The standard InChI is InChI=1S/C12H17N3O4/c1-12(19)5-2-6-14(8-12)11(18)7-15-10(17)4-3-9(16)13-15/h3-4,19H,2,5-8H2,1H3,(H,13,16). The molecule has 2 heterocycles. The smallest absolute Gasteiger partial charge is 0.265 e. The fourth-order valence-corrected chi connectivity index (χ4v) is 2.25. The highest BCUT2D eigenvalue weighted by molar-refractivity contribution is 5.76. The molecule has 0 spiro atoms. The molecule has 1 aliphatic heterocycles. The van der Waals surface area contributed by atoms with E-state index in [2.05, 4.69) is 5.10 Å². The summed E-state index contributed by atoms with van der Waals surface area (Å²) >= 11 is 0. The maximum Gasteiger partial charge on any atom is 0.265 e. The van der Waals surface area contributed by atoms with Crippen molar-refractivity contribution >= 4 is 5.91 Å². The Bertz CT molecular complexity index is 587. The van der Waals surface area contributed by atoms with E-state index in [4.69, 9.17) is 0 Å². The molecule has 2 rings (SSSR count). The van der Waals surface area contributed by atoms with Crippen LogP contribution in [0.3, 0.4) is 0 Å². The van der Waals surface area contributed by atoms with Gasteiger partial charge in [-0.3, -0.25) is 19.5 Å². The quantitative estimate of drug-likeness (QED) is 0.711. The summed E-state index contributed by atoms with van der Waals surface area (Å²) in [7, 11) is 0. The lowest BCUT2D eigenvalue weighted by Gasteiger charge is -2.36. The number of aromatic amines is 1. The topological polar surface area (TPSA) is 95.4 Å². The lowest BCUT2D eigenvalue weighted by Crippen LogP contribution is -2.50. The Kier molecular flexibility index (Phi) is 3.57. The van der Waals surface area contributed by atoms with E-state index in [1.165, 1.54) is 4.90 Å². The molecule has 1 fully saturated rings. The second kappa shape index (κ2) is 5.00. The summed E-state index contributed by atoms with van der Waals surface area (Å²) in [5.41, 5.74) is -1.75. The zero-order valence-corrected chi connectivity index (χ0v) is 10.8. The van der Waals surface area contributed by atoms with Gasteiger partial charge in [0.15, 0.2) is 0 Å². The summed E-state index contributed by atoms with van der Waals surface area (Å²) in [6, 6.07) is 2.24. The largest absolute Gasteiger partial charge is 0.388 e. The molecule has 0 aliphatic carbocycles. The minimum absolute atomic E-state index is 0.217. The molecule has 7 heteroatoms. The van der Waals surface area contributed by atoms with Crippen LogP contribution in [0, 0.1) is 0 Å². The third-order valence-electron chi connectivity index (χ3n) is 3.21. The first-order valence-corrected chi connectivity index (χ1v) is 6.18. The minimum Gasteiger partial charge on any atom is -0.388 e. The van der Waals surface area contributed by atoms with E-state index in [1.807, 2.05) is 0 Å². The Hall–Kier alpha value is -1.89. The first-order valence-electron chi connectivity index (χ1n) is 6.18. The van der Waals surface area contributed by atoms with Crippen LogP contribution in [-0.4, -0.2) is 44.4 Å². The second-order valence-electron chi connectivity index (χ2n) is 5.15. The number of amides is 1. The lowest BCUT2D eigenvalue weighted by atomic mass is 9.95. The lowest BCUT2D eigenvalue weighted by molar-refractivity contribution is -0.138. The van der Waals surface area contributed by atoms with Crippen LogP contribution in [0.1, 0.15) is 19.8 Å². The number of likely N-dealkylation sites (tertiary alicyclic amines) is 1. The van der Waals surface area contributed by atoms with Gasteiger partial charge in [-0.05, 0) is 19.8 Å². The maximum atomic E-state index is 12.1. The molecule has 1 aromatic heterocycles. The van der Waals surface area contributed by atoms with E-state index in [1.54, 1.807) is 6.92 Å². The van der Waals surface area contributed by atoms with Crippen molar-refractivity contribution in [3.8, 4) is 0 Å². The number of aromatic nitrogens is 2. The summed E-state index contributed by atoms with van der Waals surface area (Å²) in [5, 5.41) is 12.2. The van der Waals surface area contributed by atoms with Gasteiger partial charge in [0.05, 0.1) is 5.60 Å². The Morgan fingerprint density at radius 1 is 1.47 bits per heavy atom. The van der Waals surface area contributed by atoms with Gasteiger partial charge in [0.25, 0.3) is 11.1 Å². The summed E-state index contributed by atoms with van der Waals surface area (Å²) in [4.78, 5) is 36.2. The Balaban J connectivity index is 2.11. The number of nitrogens with zero attached hydrogens (tertiary/aromatic N) is 2. The van der Waals surface area contributed by atoms with Gasteiger partial charge < -0.3 is 10.0 Å². The molecule has 2 N–H and O–H groups in total. The minimum atomic E-state index is -0.886. The van der Waals surface area contributed by atoms with Crippen LogP contribution in [0.25, 0.3) is 0 Å². The molecule has 0 saturated carbocycles. The van der Waals surface area contributed by atoms with E-state index in [9.17, 15) is 19.5 Å². The second-order valence-corrected chi connectivity index (χ2v) is 5.15. The first-order chi connectivity index (χ1) is 8.87. The zero-order chi connectivity index (χ0) is 14.0. The third kappa shape index (κ3) is 3.31. The summed E-state index contributed by atoms with van der Waals surface area (Å²) in [5.74, 6) is -0.288. The van der Waals surface area contributed by atoms with Gasteiger partial charge in [-0.15, -0.1) is 0 Å². The van der Waals surface area contributed by atoms with Gasteiger partial charge in [-0.25, -0.2) is 4.68 Å². The highest BCUT2D eigenvalue weighted by Gasteiger charge is 2.30. The van der Waals surface area contributed by atoms with Crippen molar-refractivity contribution in [3.63, 3.8) is 0 Å². The van der Waals surface area contributed by atoms with Gasteiger partial charge in [0.1, 0.15) is 6.54 Å². The molecule has 0 aromatic carbocycles. The number of carbonyl (C=O) groups is 1. The summed E-state index contributed by atoms with van der Waals surface area (Å²) in [6.45, 7) is 2.27. The number of H-pyrrole nitrogens is 1. The van der Waals surface area contributed by atoms with Crippen LogP contribution in [0.4, 0.5) is 0 Å². The molecule has 0 radical (unpaired) electrons. The van der Waals surface area contributed by atoms with Crippen molar-refractivity contribution in [1.29, 1.82) is 0 Å². The fourth-order valence-electron chi connectivity index (χ4n) is 2.25. The normalized spacial score (nSPS) is 23.4. The molecule has 104 valence electrons. The Morgan fingerprint density at radius 3 is 2.89 bits per heavy atom. The van der Waals surface area contributed by atoms with Crippen molar-refractivity contribution < 1.29 is 9.90 Å². The van der Waals surface area contributed by atoms with E-state index >= 15 is 0 Å². The Labute approximate surface area is 109 Å². The van der Waals surface area contributed by atoms with Crippen molar-refractivity contribution in [2.45, 2.75) is 31.9 Å². The van der Waals surface area contributed by atoms with E-state index in [-0.39, 0.29) is 19.0 Å². The monoisotopic (exact) mass is 267 g/mol. The highest BCUT2D eigenvalue weighted by atomic mass is 16.3. The zero-order valence-electron chi connectivity index (χ0n) is 10.8. The molecular weight excluding hydrogens is 250 g/mol. The number of nitrogens with one attached hydrogen (secondary N) is 1. The number of rotatable bonds is 2. The molecule has 1 unspecified atom stereocenters. The van der Waals surface area contributed by atoms with Crippen LogP contribution >= 0.6 is 0 Å². The molecule has 7 nitrogen and oxygen atoms in total. The summed E-state index contributed by atoms with van der Waals surface area (Å²) in [6.07, 6.45) is 1.37. The van der Waals surface area contributed by atoms with Gasteiger partial charge in [-0.1, -0.05) is 0 Å². The molecule has 1 saturated heterocycles. The molecule has 1 amide bonds. The number of aliphatic hydroxyl groups is 1. The predicted octanol–water partition coefficient (Wildman–Crippen LogP) is -1.09. The van der Waals surface area contributed by atoms with Gasteiger partial charge >= 0.3 is 0 Å². The Morgan fingerprint density at radius 2 is 2.21 bits per heavy atom. The number of carbonyl (C=O) groups excluding carboxylic acids is 1. The average molecular weight is 267 g/mol. The van der Waals surface area contributed by atoms with Gasteiger partial charge in [-0.2, -0.15) is 0 Å². The fraction of sp³-hybridized carbons (Fsp3) is 0.583. The number of hydrogen-bond donors (Lipinski definition) is 2. The van der Waals surface area contributed by atoms with Crippen molar-refractivity contribution in [2.75, 3.05) is 13.1 Å². The number of β-amino-alcohol motifs (C(OH)–C–C–N with tert-alkyl or cyclic N) is 1. The van der Waals surface area contributed by atoms with Crippen LogP contribution in [-0.2, 0) is 11.3 Å². The average Bonchev–Trinajstić information content (AvgIpc) is 2.32. The van der Waals surface area contributed by atoms with Crippen LogP contribution in [0.5, 0.6) is 0 Å². The van der Waals surface area contributed by atoms with E-state index in [0.717, 1.165) is 23.2 Å². The van der Waals surface area contributed by atoms with Crippen molar-refractivity contribution in [3.05, 3.63) is 32.8 Å². The third-order valence-corrected chi connectivity index (χ3v) is 3.21. The van der Waals surface area contributed by atoms with Crippen molar-refractivity contribution in [1.82, 2.24) is 14.7 Å². The molecule has 1 aromatic rings. The first kappa shape index (κ1) is 13.5. The molecule has 0 bridgehead atoms. The van der Waals surface area contributed by atoms with Gasteiger partial charge in [0, 0.05) is 25.2 Å². The molecular formula is C12H17N3O4. The summed E-state index contributed by atoms with van der Waals surface area (Å²) < 4.78 is 0.980. The number of piperidine rings is 1. The van der Waals surface area contributed by atoms with Crippen LogP contribution in [0.15, 0.2) is 21.7 Å². The van der Waals surface area contributed by atoms with Crippen molar-refractivity contribution in [2.24, 2.45) is 0 Å². The number of hydrogen-bond acceptors (Lipinski definition) is 4. The predicted molar refractivity (Wildman–Crippen MR) is 67.8 cm³/mol. The van der Waals surface area contributed by atoms with Crippen LogP contribution < -0.4 is 11.1 Å². The SMILES string of the molecule is CC1(O)CCCN(C(=O)Cn2[nH]c(=O)ccc2=O)C1. The molecule has 19 heavy (non-hydrogen) atoms. The molecule has 1 aliphatic rings. The van der Waals surface area contributed by atoms with E-state index in [0.29, 0.717) is 13.0 Å².